The van der Waals surface area contributed by atoms with Crippen LogP contribution in [0.5, 0.6) is 0 Å². The van der Waals surface area contributed by atoms with Crippen molar-refractivity contribution in [2.24, 2.45) is 5.73 Å². The summed E-state index contributed by atoms with van der Waals surface area (Å²) >= 11 is 0. The first kappa shape index (κ1) is 23.9. The summed E-state index contributed by atoms with van der Waals surface area (Å²) < 4.78 is 27.2. The number of carbonyl (C=O) groups excluding carboxylic acids is 1. The highest BCUT2D eigenvalue weighted by atomic mass is 35.5. The molecular weight excluding hydrogens is 386 g/mol. The topological polar surface area (TPSA) is 83.7 Å². The van der Waals surface area contributed by atoms with Crippen LogP contribution < -0.4 is 5.73 Å². The monoisotopic (exact) mass is 417 g/mol. The van der Waals surface area contributed by atoms with Gasteiger partial charge < -0.3 is 10.6 Å². The van der Waals surface area contributed by atoms with E-state index in [9.17, 15) is 13.2 Å². The van der Waals surface area contributed by atoms with E-state index in [2.05, 4.69) is 20.8 Å². The molecule has 1 atom stereocenters. The van der Waals surface area contributed by atoms with Crippen LogP contribution in [-0.4, -0.2) is 55.8 Å². The Morgan fingerprint density at radius 1 is 1.11 bits per heavy atom. The molecule has 0 bridgehead atoms. The van der Waals surface area contributed by atoms with Crippen LogP contribution >= 0.6 is 12.4 Å². The van der Waals surface area contributed by atoms with Crippen LogP contribution in [0.3, 0.4) is 0 Å². The predicted molar refractivity (Wildman–Crippen MR) is 111 cm³/mol. The molecular formula is C19H32ClN3O3S. The number of hydrogen-bond donors (Lipinski definition) is 1. The van der Waals surface area contributed by atoms with Gasteiger partial charge in [0.25, 0.3) is 0 Å². The number of sulfonamides is 1. The summed E-state index contributed by atoms with van der Waals surface area (Å²) in [7, 11) is -3.54. The molecule has 1 fully saturated rings. The number of nitrogens with two attached hydrogens (primary N) is 1. The summed E-state index contributed by atoms with van der Waals surface area (Å²) in [6.45, 7) is 9.64. The molecule has 0 aromatic heterocycles. The summed E-state index contributed by atoms with van der Waals surface area (Å²) in [5.41, 5.74) is 6.97. The zero-order valence-corrected chi connectivity index (χ0v) is 18.3. The molecule has 1 amide bonds. The highest BCUT2D eigenvalue weighted by Gasteiger charge is 2.31. The van der Waals surface area contributed by atoms with Gasteiger partial charge in [-0.3, -0.25) is 4.79 Å². The zero-order chi connectivity index (χ0) is 19.5. The molecule has 0 spiro atoms. The Kier molecular flexibility index (Phi) is 8.29. The van der Waals surface area contributed by atoms with Crippen LogP contribution in [-0.2, 0) is 20.2 Å². The van der Waals surface area contributed by atoms with Gasteiger partial charge in [-0.1, -0.05) is 46.2 Å². The molecule has 2 N–H and O–H groups in total. The minimum Gasteiger partial charge on any atom is -0.339 e. The first-order valence-electron chi connectivity index (χ1n) is 9.22. The Labute approximate surface area is 169 Å². The number of carbonyl (C=O) groups is 1. The van der Waals surface area contributed by atoms with Crippen LogP contribution in [0.4, 0.5) is 0 Å². The first-order valence-corrected chi connectivity index (χ1v) is 10.7. The number of amides is 1. The van der Waals surface area contributed by atoms with E-state index < -0.39 is 16.1 Å². The average Bonchev–Trinajstić information content (AvgIpc) is 2.60. The van der Waals surface area contributed by atoms with Gasteiger partial charge >= 0.3 is 0 Å². The molecule has 1 heterocycles. The van der Waals surface area contributed by atoms with Crippen molar-refractivity contribution in [2.45, 2.75) is 56.9 Å². The van der Waals surface area contributed by atoms with Gasteiger partial charge in [-0.2, -0.15) is 4.31 Å². The van der Waals surface area contributed by atoms with E-state index in [1.807, 2.05) is 19.1 Å². The molecule has 2 rings (SSSR count). The van der Waals surface area contributed by atoms with Gasteiger partial charge in [0, 0.05) is 26.2 Å². The van der Waals surface area contributed by atoms with Crippen LogP contribution in [0.2, 0.25) is 0 Å². The fraction of sp³-hybridized carbons (Fsp3) is 0.632. The van der Waals surface area contributed by atoms with Crippen molar-refractivity contribution >= 4 is 28.3 Å². The Hall–Kier alpha value is -1.15. The van der Waals surface area contributed by atoms with E-state index in [0.717, 1.165) is 12.0 Å². The molecule has 1 aromatic rings. The summed E-state index contributed by atoms with van der Waals surface area (Å²) in [6, 6.07) is 6.59. The standard InChI is InChI=1S/C19H31N3O3S.ClH/c1-5-6-17(20)18(23)21-11-13-22(14-12-21)26(24,25)16-9-7-15(8-10-16)19(2,3)4;/h7-10,17H,5-6,11-14,20H2,1-4H3;1H. The largest absolute Gasteiger partial charge is 0.339 e. The van der Waals surface area contributed by atoms with Crippen molar-refractivity contribution in [3.63, 3.8) is 0 Å². The number of nitrogens with zero attached hydrogens (tertiary/aromatic N) is 2. The van der Waals surface area contributed by atoms with Crippen molar-refractivity contribution < 1.29 is 13.2 Å². The summed E-state index contributed by atoms with van der Waals surface area (Å²) in [5.74, 6) is -0.0848. The normalized spacial score (nSPS) is 17.3. The Morgan fingerprint density at radius 2 is 1.63 bits per heavy atom. The van der Waals surface area contributed by atoms with E-state index in [4.69, 9.17) is 5.73 Å². The third-order valence-corrected chi connectivity index (χ3v) is 6.74. The van der Waals surface area contributed by atoms with Crippen molar-refractivity contribution in [3.05, 3.63) is 29.8 Å². The zero-order valence-electron chi connectivity index (χ0n) is 16.6. The second-order valence-electron chi connectivity index (χ2n) is 7.90. The van der Waals surface area contributed by atoms with Crippen molar-refractivity contribution in [1.82, 2.24) is 9.21 Å². The number of rotatable bonds is 5. The lowest BCUT2D eigenvalue weighted by Crippen LogP contribution is -2.54. The summed E-state index contributed by atoms with van der Waals surface area (Å²) in [5, 5.41) is 0. The third-order valence-electron chi connectivity index (χ3n) is 4.83. The Balaban J connectivity index is 0.00000364. The lowest BCUT2D eigenvalue weighted by Gasteiger charge is -2.35. The van der Waals surface area contributed by atoms with Crippen LogP contribution in [0.25, 0.3) is 0 Å². The van der Waals surface area contributed by atoms with E-state index in [1.54, 1.807) is 17.0 Å². The molecule has 1 aliphatic rings. The molecule has 0 saturated carbocycles. The molecule has 1 unspecified atom stereocenters. The molecule has 0 radical (unpaired) electrons. The van der Waals surface area contributed by atoms with E-state index in [-0.39, 0.29) is 23.7 Å². The van der Waals surface area contributed by atoms with E-state index >= 15 is 0 Å². The smallest absolute Gasteiger partial charge is 0.243 e. The lowest BCUT2D eigenvalue weighted by molar-refractivity contribution is -0.133. The first-order chi connectivity index (χ1) is 12.1. The van der Waals surface area contributed by atoms with Crippen LogP contribution in [0.1, 0.15) is 46.1 Å². The Morgan fingerprint density at radius 3 is 2.07 bits per heavy atom. The molecule has 8 heteroatoms. The highest BCUT2D eigenvalue weighted by Crippen LogP contribution is 2.25. The lowest BCUT2D eigenvalue weighted by atomic mass is 9.87. The van der Waals surface area contributed by atoms with Gasteiger partial charge in [0.15, 0.2) is 0 Å². The van der Waals surface area contributed by atoms with Crippen LogP contribution in [0, 0.1) is 0 Å². The average molecular weight is 418 g/mol. The summed E-state index contributed by atoms with van der Waals surface area (Å²) in [6.07, 6.45) is 1.50. The van der Waals surface area contributed by atoms with Gasteiger partial charge in [-0.25, -0.2) is 8.42 Å². The Bertz CT molecular complexity index is 722. The number of hydrogen-bond acceptors (Lipinski definition) is 4. The van der Waals surface area contributed by atoms with E-state index in [0.29, 0.717) is 37.5 Å². The number of benzene rings is 1. The van der Waals surface area contributed by atoms with Crippen molar-refractivity contribution in [1.29, 1.82) is 0 Å². The predicted octanol–water partition coefficient (Wildman–Crippen LogP) is 2.37. The van der Waals surface area contributed by atoms with E-state index in [1.165, 1.54) is 4.31 Å². The molecule has 1 aromatic carbocycles. The molecule has 0 aliphatic carbocycles. The molecule has 1 saturated heterocycles. The van der Waals surface area contributed by atoms with Gasteiger partial charge in [0.2, 0.25) is 15.9 Å². The fourth-order valence-corrected chi connectivity index (χ4v) is 4.52. The molecule has 154 valence electrons. The molecule has 1 aliphatic heterocycles. The quantitative estimate of drug-likeness (QED) is 0.797. The number of piperazine rings is 1. The highest BCUT2D eigenvalue weighted by molar-refractivity contribution is 7.89. The maximum Gasteiger partial charge on any atom is 0.243 e. The minimum absolute atomic E-state index is 0. The third kappa shape index (κ3) is 5.67. The maximum atomic E-state index is 12.9. The number of halogens is 1. The minimum atomic E-state index is -3.54. The fourth-order valence-electron chi connectivity index (χ4n) is 3.09. The second kappa shape index (κ2) is 9.37. The van der Waals surface area contributed by atoms with Gasteiger partial charge in [-0.15, -0.1) is 12.4 Å². The van der Waals surface area contributed by atoms with Gasteiger partial charge in [-0.05, 0) is 29.5 Å². The van der Waals surface area contributed by atoms with Gasteiger partial charge in [0.05, 0.1) is 10.9 Å². The molecule has 6 nitrogen and oxygen atoms in total. The van der Waals surface area contributed by atoms with Crippen molar-refractivity contribution in [2.75, 3.05) is 26.2 Å². The maximum absolute atomic E-state index is 12.9. The second-order valence-corrected chi connectivity index (χ2v) is 9.84. The van der Waals surface area contributed by atoms with Crippen molar-refractivity contribution in [3.8, 4) is 0 Å². The molecule has 27 heavy (non-hydrogen) atoms. The van der Waals surface area contributed by atoms with Crippen LogP contribution in [0.15, 0.2) is 29.2 Å². The summed E-state index contributed by atoms with van der Waals surface area (Å²) in [4.78, 5) is 14.3. The SMILES string of the molecule is CCCC(N)C(=O)N1CCN(S(=O)(=O)c2ccc(C(C)(C)C)cc2)CC1.Cl. The van der Waals surface area contributed by atoms with Gasteiger partial charge in [0.1, 0.15) is 0 Å².